The third-order valence-corrected chi connectivity index (χ3v) is 3.68. The fourth-order valence-corrected chi connectivity index (χ4v) is 2.78. The van der Waals surface area contributed by atoms with Crippen molar-refractivity contribution in [2.75, 3.05) is 6.54 Å². The molecule has 0 saturated heterocycles. The Hall–Kier alpha value is -2.20. The van der Waals surface area contributed by atoms with Gasteiger partial charge in [-0.2, -0.15) is 0 Å². The van der Waals surface area contributed by atoms with Gasteiger partial charge in [0.05, 0.1) is 11.7 Å². The molecule has 3 aromatic rings. The lowest BCUT2D eigenvalue weighted by molar-refractivity contribution is 0.624. The minimum atomic E-state index is 0.332. The number of nitrogens with two attached hydrogens (primary N) is 1. The number of fused-ring (bicyclic) bond motifs is 1. The van der Waals surface area contributed by atoms with Crippen LogP contribution in [0, 0.1) is 0 Å². The van der Waals surface area contributed by atoms with Crippen molar-refractivity contribution >= 4 is 11.0 Å². The zero-order chi connectivity index (χ0) is 14.8. The Kier molecular flexibility index (Phi) is 3.71. The lowest BCUT2D eigenvalue weighted by Gasteiger charge is -2.15. The van der Waals surface area contributed by atoms with Gasteiger partial charge < -0.3 is 10.3 Å². The number of hydrogen-bond donors (Lipinski definition) is 1. The van der Waals surface area contributed by atoms with Crippen LogP contribution in [0.15, 0.2) is 42.7 Å². The SMILES string of the molecule is CC(C)n1c(-c2ccccc2CCN)nc2cnccc21. The molecule has 2 N–H and O–H groups in total. The highest BCUT2D eigenvalue weighted by Gasteiger charge is 2.16. The summed E-state index contributed by atoms with van der Waals surface area (Å²) in [5, 5.41) is 0. The molecule has 0 bridgehead atoms. The summed E-state index contributed by atoms with van der Waals surface area (Å²) in [6, 6.07) is 10.7. The second kappa shape index (κ2) is 5.66. The molecular weight excluding hydrogens is 260 g/mol. The van der Waals surface area contributed by atoms with Gasteiger partial charge in [0.1, 0.15) is 11.3 Å². The maximum absolute atomic E-state index is 5.74. The molecular formula is C17H20N4. The number of rotatable bonds is 4. The van der Waals surface area contributed by atoms with Crippen LogP contribution in [0.1, 0.15) is 25.5 Å². The summed E-state index contributed by atoms with van der Waals surface area (Å²) in [6.45, 7) is 4.99. The van der Waals surface area contributed by atoms with Crippen molar-refractivity contribution in [3.63, 3.8) is 0 Å². The molecule has 21 heavy (non-hydrogen) atoms. The molecule has 0 unspecified atom stereocenters. The van der Waals surface area contributed by atoms with E-state index >= 15 is 0 Å². The minimum absolute atomic E-state index is 0.332. The highest BCUT2D eigenvalue weighted by atomic mass is 15.1. The average molecular weight is 280 g/mol. The predicted octanol–water partition coefficient (Wildman–Crippen LogP) is 3.18. The van der Waals surface area contributed by atoms with E-state index in [2.05, 4.69) is 47.7 Å². The Morgan fingerprint density at radius 3 is 2.76 bits per heavy atom. The highest BCUT2D eigenvalue weighted by Crippen LogP contribution is 2.30. The molecule has 108 valence electrons. The van der Waals surface area contributed by atoms with Crippen molar-refractivity contribution in [2.45, 2.75) is 26.3 Å². The largest absolute Gasteiger partial charge is 0.330 e. The van der Waals surface area contributed by atoms with Gasteiger partial charge in [-0.3, -0.25) is 4.98 Å². The molecule has 0 aliphatic rings. The molecule has 4 heteroatoms. The molecule has 2 heterocycles. The maximum Gasteiger partial charge on any atom is 0.141 e. The summed E-state index contributed by atoms with van der Waals surface area (Å²) in [5.74, 6) is 0.997. The first kappa shape index (κ1) is 13.8. The topological polar surface area (TPSA) is 56.7 Å². The molecule has 0 spiro atoms. The smallest absolute Gasteiger partial charge is 0.141 e. The Bertz CT molecular complexity index is 758. The molecule has 1 aromatic carbocycles. The van der Waals surface area contributed by atoms with E-state index < -0.39 is 0 Å². The van der Waals surface area contributed by atoms with Crippen molar-refractivity contribution in [1.29, 1.82) is 0 Å². The zero-order valence-electron chi connectivity index (χ0n) is 12.5. The fraction of sp³-hybridized carbons (Fsp3) is 0.294. The Balaban J connectivity index is 2.27. The molecule has 2 aromatic heterocycles. The van der Waals surface area contributed by atoms with Gasteiger partial charge in [-0.1, -0.05) is 24.3 Å². The first-order valence-electron chi connectivity index (χ1n) is 7.32. The summed E-state index contributed by atoms with van der Waals surface area (Å²) in [4.78, 5) is 8.99. The van der Waals surface area contributed by atoms with E-state index in [1.807, 2.05) is 18.5 Å². The van der Waals surface area contributed by atoms with E-state index in [-0.39, 0.29) is 0 Å². The second-order valence-electron chi connectivity index (χ2n) is 5.46. The normalized spacial score (nSPS) is 11.4. The monoisotopic (exact) mass is 280 g/mol. The quantitative estimate of drug-likeness (QED) is 0.798. The van der Waals surface area contributed by atoms with Gasteiger partial charge in [-0.15, -0.1) is 0 Å². The molecule has 0 amide bonds. The van der Waals surface area contributed by atoms with Crippen molar-refractivity contribution in [3.05, 3.63) is 48.3 Å². The second-order valence-corrected chi connectivity index (χ2v) is 5.46. The summed E-state index contributed by atoms with van der Waals surface area (Å²) in [7, 11) is 0. The molecule has 0 fully saturated rings. The van der Waals surface area contributed by atoms with Crippen LogP contribution in [-0.4, -0.2) is 21.1 Å². The molecule has 3 rings (SSSR count). The van der Waals surface area contributed by atoms with E-state index in [0.29, 0.717) is 12.6 Å². The molecule has 0 radical (unpaired) electrons. The number of imidazole rings is 1. The Morgan fingerprint density at radius 1 is 1.19 bits per heavy atom. The standard InChI is InChI=1S/C17H20N4/c1-12(2)21-16-8-10-19-11-15(16)20-17(21)14-6-4-3-5-13(14)7-9-18/h3-6,8,10-12H,7,9,18H2,1-2H3. The minimum Gasteiger partial charge on any atom is -0.330 e. The van der Waals surface area contributed by atoms with Crippen LogP contribution in [0.25, 0.3) is 22.4 Å². The Labute approximate surface area is 124 Å². The van der Waals surface area contributed by atoms with Crippen LogP contribution in [-0.2, 0) is 6.42 Å². The molecule has 0 aliphatic heterocycles. The summed E-state index contributed by atoms with van der Waals surface area (Å²) in [6.07, 6.45) is 4.50. The molecule has 0 atom stereocenters. The van der Waals surface area contributed by atoms with E-state index in [0.717, 1.165) is 28.8 Å². The average Bonchev–Trinajstić information content (AvgIpc) is 2.87. The van der Waals surface area contributed by atoms with E-state index in [9.17, 15) is 0 Å². The van der Waals surface area contributed by atoms with Gasteiger partial charge in [-0.25, -0.2) is 4.98 Å². The van der Waals surface area contributed by atoms with Gasteiger partial charge in [0.25, 0.3) is 0 Å². The summed E-state index contributed by atoms with van der Waals surface area (Å²) < 4.78 is 2.27. The number of benzene rings is 1. The van der Waals surface area contributed by atoms with E-state index in [1.165, 1.54) is 5.56 Å². The van der Waals surface area contributed by atoms with Gasteiger partial charge in [0, 0.05) is 17.8 Å². The van der Waals surface area contributed by atoms with Crippen LogP contribution in [0.5, 0.6) is 0 Å². The lowest BCUT2D eigenvalue weighted by atomic mass is 10.0. The molecule has 0 saturated carbocycles. The first-order valence-corrected chi connectivity index (χ1v) is 7.32. The number of hydrogen-bond acceptors (Lipinski definition) is 3. The van der Waals surface area contributed by atoms with Crippen molar-refractivity contribution in [1.82, 2.24) is 14.5 Å². The van der Waals surface area contributed by atoms with Crippen LogP contribution >= 0.6 is 0 Å². The highest BCUT2D eigenvalue weighted by molar-refractivity contribution is 5.80. The van der Waals surface area contributed by atoms with Gasteiger partial charge in [0.15, 0.2) is 0 Å². The first-order chi connectivity index (χ1) is 10.2. The third kappa shape index (κ3) is 2.43. The van der Waals surface area contributed by atoms with E-state index in [4.69, 9.17) is 10.7 Å². The maximum atomic E-state index is 5.74. The Morgan fingerprint density at radius 2 is 2.00 bits per heavy atom. The van der Waals surface area contributed by atoms with Crippen LogP contribution in [0.2, 0.25) is 0 Å². The lowest BCUT2D eigenvalue weighted by Crippen LogP contribution is -2.07. The number of pyridine rings is 1. The van der Waals surface area contributed by atoms with Crippen molar-refractivity contribution < 1.29 is 0 Å². The molecule has 4 nitrogen and oxygen atoms in total. The van der Waals surface area contributed by atoms with Gasteiger partial charge >= 0.3 is 0 Å². The van der Waals surface area contributed by atoms with E-state index in [1.54, 1.807) is 0 Å². The van der Waals surface area contributed by atoms with Gasteiger partial charge in [0.2, 0.25) is 0 Å². The van der Waals surface area contributed by atoms with Gasteiger partial charge in [-0.05, 0) is 38.4 Å². The zero-order valence-corrected chi connectivity index (χ0v) is 12.5. The summed E-state index contributed by atoms with van der Waals surface area (Å²) in [5.41, 5.74) is 10.2. The molecule has 0 aliphatic carbocycles. The van der Waals surface area contributed by atoms with Crippen LogP contribution in [0.3, 0.4) is 0 Å². The summed E-state index contributed by atoms with van der Waals surface area (Å²) >= 11 is 0. The number of nitrogens with zero attached hydrogens (tertiary/aromatic N) is 3. The van der Waals surface area contributed by atoms with Crippen LogP contribution in [0.4, 0.5) is 0 Å². The van der Waals surface area contributed by atoms with Crippen molar-refractivity contribution in [3.8, 4) is 11.4 Å². The van der Waals surface area contributed by atoms with Crippen LogP contribution < -0.4 is 5.73 Å². The fourth-order valence-electron chi connectivity index (χ4n) is 2.78. The number of aromatic nitrogens is 3. The predicted molar refractivity (Wildman–Crippen MR) is 86.1 cm³/mol. The van der Waals surface area contributed by atoms with Crippen molar-refractivity contribution in [2.24, 2.45) is 5.73 Å². The third-order valence-electron chi connectivity index (χ3n) is 3.68.